The Morgan fingerprint density at radius 1 is 1.47 bits per heavy atom. The largest absolute Gasteiger partial charge is 0.492 e. The Morgan fingerprint density at radius 2 is 2.29 bits per heavy atom. The normalized spacial score (nSPS) is 10.5. The van der Waals surface area contributed by atoms with Crippen LogP contribution in [0.2, 0.25) is 5.02 Å². The van der Waals surface area contributed by atoms with Crippen LogP contribution in [0, 0.1) is 0 Å². The molecular formula is C11H11BrClN3O. The first-order valence-corrected chi connectivity index (χ1v) is 6.19. The van der Waals surface area contributed by atoms with Gasteiger partial charge in [-0.1, -0.05) is 33.6 Å². The van der Waals surface area contributed by atoms with Gasteiger partial charge in [0.15, 0.2) is 5.82 Å². The maximum Gasteiger partial charge on any atom is 0.164 e. The van der Waals surface area contributed by atoms with Crippen molar-refractivity contribution in [1.82, 2.24) is 9.78 Å². The molecule has 0 atom stereocenters. The van der Waals surface area contributed by atoms with E-state index >= 15 is 0 Å². The van der Waals surface area contributed by atoms with Crippen LogP contribution in [-0.4, -0.2) is 16.4 Å². The third-order valence-corrected chi connectivity index (χ3v) is 2.91. The van der Waals surface area contributed by atoms with Crippen LogP contribution in [0.3, 0.4) is 0 Å². The van der Waals surface area contributed by atoms with Gasteiger partial charge < -0.3 is 10.5 Å². The molecule has 2 aromatic rings. The summed E-state index contributed by atoms with van der Waals surface area (Å²) in [6.07, 6.45) is 1.68. The molecule has 0 spiro atoms. The second-order valence-electron chi connectivity index (χ2n) is 3.43. The summed E-state index contributed by atoms with van der Waals surface area (Å²) in [5.74, 6) is 1.15. The molecule has 4 nitrogen and oxygen atoms in total. The van der Waals surface area contributed by atoms with Gasteiger partial charge in [-0.2, -0.15) is 5.10 Å². The Morgan fingerprint density at radius 3 is 2.94 bits per heavy atom. The monoisotopic (exact) mass is 315 g/mol. The van der Waals surface area contributed by atoms with Gasteiger partial charge in [0, 0.05) is 10.7 Å². The van der Waals surface area contributed by atoms with Crippen LogP contribution in [0.25, 0.3) is 0 Å². The van der Waals surface area contributed by atoms with Crippen molar-refractivity contribution >= 4 is 33.3 Å². The molecule has 1 heterocycles. The smallest absolute Gasteiger partial charge is 0.164 e. The number of aromatic nitrogens is 2. The average Bonchev–Trinajstić information content (AvgIpc) is 2.58. The summed E-state index contributed by atoms with van der Waals surface area (Å²) in [5, 5.41) is 4.50. The number of ether oxygens (including phenoxy) is 1. The molecule has 0 saturated heterocycles. The van der Waals surface area contributed by atoms with Gasteiger partial charge in [0.05, 0.1) is 6.54 Å². The molecule has 0 radical (unpaired) electrons. The first kappa shape index (κ1) is 12.3. The van der Waals surface area contributed by atoms with Crippen LogP contribution in [-0.2, 0) is 6.54 Å². The number of benzene rings is 1. The summed E-state index contributed by atoms with van der Waals surface area (Å²) < 4.78 is 8.21. The Balaban J connectivity index is 1.87. The third kappa shape index (κ3) is 3.38. The van der Waals surface area contributed by atoms with Crippen molar-refractivity contribution in [2.75, 3.05) is 12.3 Å². The predicted octanol–water partition coefficient (Wildman–Crippen LogP) is 2.96. The minimum Gasteiger partial charge on any atom is -0.492 e. The average molecular weight is 317 g/mol. The fourth-order valence-electron chi connectivity index (χ4n) is 1.34. The quantitative estimate of drug-likeness (QED) is 0.943. The summed E-state index contributed by atoms with van der Waals surface area (Å²) in [4.78, 5) is 0. The number of rotatable bonds is 4. The van der Waals surface area contributed by atoms with E-state index in [2.05, 4.69) is 21.0 Å². The molecule has 0 fully saturated rings. The second kappa shape index (κ2) is 5.42. The van der Waals surface area contributed by atoms with Crippen LogP contribution in [0.5, 0.6) is 5.75 Å². The van der Waals surface area contributed by atoms with Gasteiger partial charge in [-0.15, -0.1) is 0 Å². The molecule has 1 aromatic carbocycles. The van der Waals surface area contributed by atoms with E-state index in [1.807, 2.05) is 24.3 Å². The zero-order valence-corrected chi connectivity index (χ0v) is 11.3. The SMILES string of the molecule is Nc1nn(CCOc2cccc(Br)c2)cc1Cl. The molecule has 0 aliphatic rings. The first-order chi connectivity index (χ1) is 8.15. The number of nitrogens with zero attached hydrogens (tertiary/aromatic N) is 2. The predicted molar refractivity (Wildman–Crippen MR) is 71.3 cm³/mol. The molecule has 0 unspecified atom stereocenters. The molecular weight excluding hydrogens is 305 g/mol. The fraction of sp³-hybridized carbons (Fsp3) is 0.182. The van der Waals surface area contributed by atoms with Crippen molar-refractivity contribution in [3.8, 4) is 5.75 Å². The van der Waals surface area contributed by atoms with Crippen LogP contribution in [0.1, 0.15) is 0 Å². The van der Waals surface area contributed by atoms with Gasteiger partial charge in [-0.25, -0.2) is 0 Å². The maximum atomic E-state index is 5.79. The van der Waals surface area contributed by atoms with Crippen molar-refractivity contribution < 1.29 is 4.74 Å². The van der Waals surface area contributed by atoms with E-state index in [-0.39, 0.29) is 0 Å². The molecule has 1 aromatic heterocycles. The molecule has 90 valence electrons. The van der Waals surface area contributed by atoms with Gasteiger partial charge in [0.2, 0.25) is 0 Å². The third-order valence-electron chi connectivity index (χ3n) is 2.13. The summed E-state index contributed by atoms with van der Waals surface area (Å²) in [6.45, 7) is 1.11. The van der Waals surface area contributed by atoms with Crippen LogP contribution >= 0.6 is 27.5 Å². The molecule has 0 aliphatic heterocycles. The molecule has 6 heteroatoms. The number of nitrogen functional groups attached to an aromatic ring is 1. The van der Waals surface area contributed by atoms with E-state index in [9.17, 15) is 0 Å². The lowest BCUT2D eigenvalue weighted by Crippen LogP contribution is -2.08. The number of halogens is 2. The van der Waals surface area contributed by atoms with Gasteiger partial charge in [0.1, 0.15) is 17.4 Å². The highest BCUT2D eigenvalue weighted by atomic mass is 79.9. The van der Waals surface area contributed by atoms with E-state index < -0.39 is 0 Å². The van der Waals surface area contributed by atoms with E-state index in [0.29, 0.717) is 24.0 Å². The lowest BCUT2D eigenvalue weighted by molar-refractivity contribution is 0.291. The molecule has 2 rings (SSSR count). The van der Waals surface area contributed by atoms with Crippen molar-refractivity contribution in [2.45, 2.75) is 6.54 Å². The van der Waals surface area contributed by atoms with Gasteiger partial charge >= 0.3 is 0 Å². The first-order valence-electron chi connectivity index (χ1n) is 5.02. The zero-order chi connectivity index (χ0) is 12.3. The van der Waals surface area contributed by atoms with Gasteiger partial charge in [-0.3, -0.25) is 4.68 Å². The Kier molecular flexibility index (Phi) is 3.91. The van der Waals surface area contributed by atoms with E-state index in [4.69, 9.17) is 22.1 Å². The lowest BCUT2D eigenvalue weighted by Gasteiger charge is -2.06. The lowest BCUT2D eigenvalue weighted by atomic mass is 10.3. The number of hydrogen-bond acceptors (Lipinski definition) is 3. The summed E-state index contributed by atoms with van der Waals surface area (Å²) in [7, 11) is 0. The molecule has 0 bridgehead atoms. The number of nitrogens with two attached hydrogens (primary N) is 1. The minimum absolute atomic E-state index is 0.342. The molecule has 17 heavy (non-hydrogen) atoms. The van der Waals surface area contributed by atoms with Crippen molar-refractivity contribution in [3.05, 3.63) is 40.0 Å². The Hall–Kier alpha value is -1.20. The van der Waals surface area contributed by atoms with E-state index in [1.165, 1.54) is 0 Å². The summed E-state index contributed by atoms with van der Waals surface area (Å²) >= 11 is 9.17. The Labute approximate surface area is 112 Å². The van der Waals surface area contributed by atoms with Crippen LogP contribution in [0.15, 0.2) is 34.9 Å². The van der Waals surface area contributed by atoms with Crippen LogP contribution < -0.4 is 10.5 Å². The van der Waals surface area contributed by atoms with Crippen molar-refractivity contribution in [2.24, 2.45) is 0 Å². The second-order valence-corrected chi connectivity index (χ2v) is 4.75. The summed E-state index contributed by atoms with van der Waals surface area (Å²) in [6, 6.07) is 7.67. The molecule has 0 saturated carbocycles. The van der Waals surface area contributed by atoms with Gasteiger partial charge in [0.25, 0.3) is 0 Å². The highest BCUT2D eigenvalue weighted by Gasteiger charge is 2.02. The molecule has 0 amide bonds. The topological polar surface area (TPSA) is 53.1 Å². The highest BCUT2D eigenvalue weighted by Crippen LogP contribution is 2.18. The Bertz CT molecular complexity index is 496. The van der Waals surface area contributed by atoms with Crippen LogP contribution in [0.4, 0.5) is 5.82 Å². The number of anilines is 1. The minimum atomic E-state index is 0.342. The standard InChI is InChI=1S/C11H11BrClN3O/c12-8-2-1-3-9(6-8)17-5-4-16-7-10(13)11(14)15-16/h1-3,6-7H,4-5H2,(H2,14,15). The molecule has 0 aliphatic carbocycles. The fourth-order valence-corrected chi connectivity index (χ4v) is 1.87. The van der Waals surface area contributed by atoms with E-state index in [1.54, 1.807) is 10.9 Å². The van der Waals surface area contributed by atoms with Gasteiger partial charge in [-0.05, 0) is 18.2 Å². The maximum absolute atomic E-state index is 5.79. The van der Waals surface area contributed by atoms with E-state index in [0.717, 1.165) is 10.2 Å². The zero-order valence-electron chi connectivity index (χ0n) is 8.94. The highest BCUT2D eigenvalue weighted by molar-refractivity contribution is 9.10. The van der Waals surface area contributed by atoms with Crippen molar-refractivity contribution in [3.63, 3.8) is 0 Å². The molecule has 2 N–H and O–H groups in total. The number of hydrogen-bond donors (Lipinski definition) is 1. The summed E-state index contributed by atoms with van der Waals surface area (Å²) in [5.41, 5.74) is 5.53. The van der Waals surface area contributed by atoms with Crippen molar-refractivity contribution in [1.29, 1.82) is 0 Å².